The lowest BCUT2D eigenvalue weighted by Gasteiger charge is -2.03. The van der Waals surface area contributed by atoms with Crippen molar-refractivity contribution in [3.05, 3.63) is 36.0 Å². The van der Waals surface area contributed by atoms with Gasteiger partial charge in [0.15, 0.2) is 5.82 Å². The SMILES string of the molecule is Cn1cnc(CCNC(=O)c2ccc(N)nc2)n1. The summed E-state index contributed by atoms with van der Waals surface area (Å²) in [5, 5.41) is 6.88. The normalized spacial score (nSPS) is 10.3. The van der Waals surface area contributed by atoms with Crippen LogP contribution in [-0.4, -0.2) is 32.2 Å². The number of aromatic nitrogens is 4. The highest BCUT2D eigenvalue weighted by atomic mass is 16.1. The van der Waals surface area contributed by atoms with Gasteiger partial charge in [0.2, 0.25) is 0 Å². The summed E-state index contributed by atoms with van der Waals surface area (Å²) in [4.78, 5) is 19.6. The molecule has 7 nitrogen and oxygen atoms in total. The van der Waals surface area contributed by atoms with Crippen LogP contribution < -0.4 is 11.1 Å². The van der Waals surface area contributed by atoms with Crippen molar-refractivity contribution in [1.29, 1.82) is 0 Å². The van der Waals surface area contributed by atoms with Gasteiger partial charge in [-0.05, 0) is 12.1 Å². The van der Waals surface area contributed by atoms with E-state index >= 15 is 0 Å². The molecule has 0 aromatic carbocycles. The van der Waals surface area contributed by atoms with Gasteiger partial charge in [0.05, 0.1) is 5.56 Å². The minimum Gasteiger partial charge on any atom is -0.384 e. The van der Waals surface area contributed by atoms with Crippen LogP contribution in [-0.2, 0) is 13.5 Å². The molecule has 3 N–H and O–H groups in total. The summed E-state index contributed by atoms with van der Waals surface area (Å²) in [6.45, 7) is 0.479. The Bertz CT molecular complexity index is 533. The molecule has 0 aliphatic rings. The molecule has 0 saturated carbocycles. The highest BCUT2D eigenvalue weighted by Gasteiger charge is 2.06. The van der Waals surface area contributed by atoms with Gasteiger partial charge >= 0.3 is 0 Å². The number of aryl methyl sites for hydroxylation is 1. The van der Waals surface area contributed by atoms with Crippen LogP contribution in [0.1, 0.15) is 16.2 Å². The topological polar surface area (TPSA) is 98.7 Å². The van der Waals surface area contributed by atoms with Crippen LogP contribution >= 0.6 is 0 Å². The Hall–Kier alpha value is -2.44. The Balaban J connectivity index is 1.83. The summed E-state index contributed by atoms with van der Waals surface area (Å²) >= 11 is 0. The summed E-state index contributed by atoms with van der Waals surface area (Å²) in [7, 11) is 1.80. The van der Waals surface area contributed by atoms with E-state index in [-0.39, 0.29) is 5.91 Å². The summed E-state index contributed by atoms with van der Waals surface area (Å²) in [5.41, 5.74) is 5.93. The van der Waals surface area contributed by atoms with Crippen molar-refractivity contribution in [3.63, 3.8) is 0 Å². The van der Waals surface area contributed by atoms with E-state index in [1.54, 1.807) is 30.2 Å². The molecular weight excluding hydrogens is 232 g/mol. The van der Waals surface area contributed by atoms with E-state index in [0.29, 0.717) is 30.2 Å². The molecule has 0 radical (unpaired) electrons. The first-order valence-corrected chi connectivity index (χ1v) is 5.49. The van der Waals surface area contributed by atoms with Gasteiger partial charge in [0.1, 0.15) is 12.1 Å². The second-order valence-electron chi connectivity index (χ2n) is 3.81. The lowest BCUT2D eigenvalue weighted by Crippen LogP contribution is -2.26. The van der Waals surface area contributed by atoms with Crippen LogP contribution in [0.5, 0.6) is 0 Å². The number of nitrogen functional groups attached to an aromatic ring is 1. The number of carbonyl (C=O) groups excluding carboxylic acids is 1. The van der Waals surface area contributed by atoms with Gasteiger partial charge in [0.25, 0.3) is 5.91 Å². The van der Waals surface area contributed by atoms with Crippen molar-refractivity contribution in [1.82, 2.24) is 25.1 Å². The Kier molecular flexibility index (Phi) is 3.52. The predicted molar refractivity (Wildman–Crippen MR) is 65.7 cm³/mol. The molecule has 0 saturated heterocycles. The second-order valence-corrected chi connectivity index (χ2v) is 3.81. The zero-order valence-electron chi connectivity index (χ0n) is 10.00. The first-order valence-electron chi connectivity index (χ1n) is 5.49. The molecule has 0 atom stereocenters. The number of pyridine rings is 1. The maximum absolute atomic E-state index is 11.7. The van der Waals surface area contributed by atoms with E-state index in [1.165, 1.54) is 6.20 Å². The van der Waals surface area contributed by atoms with Crippen LogP contribution in [0.25, 0.3) is 0 Å². The average molecular weight is 246 g/mol. The predicted octanol–water partition coefficient (Wildman–Crippen LogP) is -0.235. The standard InChI is InChI=1S/C11H14N6O/c1-17-7-15-10(16-17)4-5-13-11(18)8-2-3-9(12)14-6-8/h2-3,6-7H,4-5H2,1H3,(H2,12,14)(H,13,18). The average Bonchev–Trinajstić information content (AvgIpc) is 2.76. The number of hydrogen-bond donors (Lipinski definition) is 2. The quantitative estimate of drug-likeness (QED) is 0.776. The Morgan fingerprint density at radius 1 is 1.44 bits per heavy atom. The van der Waals surface area contributed by atoms with Gasteiger partial charge in [0, 0.05) is 26.2 Å². The van der Waals surface area contributed by atoms with E-state index in [0.717, 1.165) is 0 Å². The summed E-state index contributed by atoms with van der Waals surface area (Å²) in [6, 6.07) is 3.23. The van der Waals surface area contributed by atoms with Gasteiger partial charge in [-0.2, -0.15) is 5.10 Å². The number of rotatable bonds is 4. The van der Waals surface area contributed by atoms with Crippen molar-refractivity contribution in [3.8, 4) is 0 Å². The molecule has 2 heterocycles. The summed E-state index contributed by atoms with van der Waals surface area (Å²) < 4.78 is 1.63. The lowest BCUT2D eigenvalue weighted by atomic mass is 10.2. The molecule has 2 aromatic heterocycles. The lowest BCUT2D eigenvalue weighted by molar-refractivity contribution is 0.0953. The Labute approximate surface area is 104 Å². The molecule has 7 heteroatoms. The minimum absolute atomic E-state index is 0.182. The van der Waals surface area contributed by atoms with E-state index in [9.17, 15) is 4.79 Å². The molecular formula is C11H14N6O. The van der Waals surface area contributed by atoms with Crippen LogP contribution in [0.15, 0.2) is 24.7 Å². The highest BCUT2D eigenvalue weighted by molar-refractivity contribution is 5.93. The number of nitrogens with two attached hydrogens (primary N) is 1. The van der Waals surface area contributed by atoms with Crippen LogP contribution in [0.2, 0.25) is 0 Å². The smallest absolute Gasteiger partial charge is 0.252 e. The Morgan fingerprint density at radius 2 is 2.28 bits per heavy atom. The summed E-state index contributed by atoms with van der Waals surface area (Å²) in [5.74, 6) is 0.913. The van der Waals surface area contributed by atoms with E-state index in [2.05, 4.69) is 20.4 Å². The van der Waals surface area contributed by atoms with E-state index in [1.807, 2.05) is 0 Å². The number of carbonyl (C=O) groups is 1. The number of amides is 1. The zero-order chi connectivity index (χ0) is 13.0. The van der Waals surface area contributed by atoms with Crippen LogP contribution in [0.4, 0.5) is 5.82 Å². The fourth-order valence-electron chi connectivity index (χ4n) is 1.43. The second kappa shape index (κ2) is 5.26. The molecule has 1 amide bonds. The number of nitrogens with one attached hydrogen (secondary N) is 1. The molecule has 0 bridgehead atoms. The zero-order valence-corrected chi connectivity index (χ0v) is 10.00. The first kappa shape index (κ1) is 12.0. The molecule has 94 valence electrons. The van der Waals surface area contributed by atoms with Gasteiger partial charge < -0.3 is 11.1 Å². The van der Waals surface area contributed by atoms with Gasteiger partial charge in [-0.15, -0.1) is 0 Å². The van der Waals surface area contributed by atoms with E-state index < -0.39 is 0 Å². The van der Waals surface area contributed by atoms with Crippen LogP contribution in [0.3, 0.4) is 0 Å². The molecule has 0 unspecified atom stereocenters. The number of anilines is 1. The van der Waals surface area contributed by atoms with Crippen molar-refractivity contribution in [2.45, 2.75) is 6.42 Å². The van der Waals surface area contributed by atoms with Crippen molar-refractivity contribution < 1.29 is 4.79 Å². The van der Waals surface area contributed by atoms with Gasteiger partial charge in [-0.25, -0.2) is 9.97 Å². The highest BCUT2D eigenvalue weighted by Crippen LogP contribution is 2.00. The molecule has 0 fully saturated rings. The fraction of sp³-hybridized carbons (Fsp3) is 0.273. The van der Waals surface area contributed by atoms with Crippen LogP contribution in [0, 0.1) is 0 Å². The van der Waals surface area contributed by atoms with Crippen molar-refractivity contribution in [2.75, 3.05) is 12.3 Å². The minimum atomic E-state index is -0.182. The van der Waals surface area contributed by atoms with Crippen molar-refractivity contribution >= 4 is 11.7 Å². The molecule has 2 rings (SSSR count). The third kappa shape index (κ3) is 3.03. The Morgan fingerprint density at radius 3 is 2.89 bits per heavy atom. The monoisotopic (exact) mass is 246 g/mol. The van der Waals surface area contributed by atoms with Gasteiger partial charge in [-0.1, -0.05) is 0 Å². The number of hydrogen-bond acceptors (Lipinski definition) is 5. The third-order valence-corrected chi connectivity index (χ3v) is 2.33. The number of nitrogens with zero attached hydrogens (tertiary/aromatic N) is 4. The van der Waals surface area contributed by atoms with Gasteiger partial charge in [-0.3, -0.25) is 9.48 Å². The van der Waals surface area contributed by atoms with Crippen molar-refractivity contribution in [2.24, 2.45) is 7.05 Å². The largest absolute Gasteiger partial charge is 0.384 e. The fourth-order valence-corrected chi connectivity index (χ4v) is 1.43. The molecule has 0 spiro atoms. The maximum Gasteiger partial charge on any atom is 0.252 e. The molecule has 0 aliphatic heterocycles. The van der Waals surface area contributed by atoms with E-state index in [4.69, 9.17) is 5.73 Å². The molecule has 0 aliphatic carbocycles. The summed E-state index contributed by atoms with van der Waals surface area (Å²) in [6.07, 6.45) is 3.67. The molecule has 18 heavy (non-hydrogen) atoms. The maximum atomic E-state index is 11.7. The third-order valence-electron chi connectivity index (χ3n) is 2.33. The first-order chi connectivity index (χ1) is 8.65. The molecule has 2 aromatic rings.